The van der Waals surface area contributed by atoms with E-state index in [9.17, 15) is 14.7 Å². The summed E-state index contributed by atoms with van der Waals surface area (Å²) in [6.07, 6.45) is 6.14. The number of carbonyl (C=O) groups is 2. The molecule has 1 aromatic carbocycles. The molecule has 7 heteroatoms. The van der Waals surface area contributed by atoms with Gasteiger partial charge in [0.2, 0.25) is 11.7 Å². The first-order valence-electron chi connectivity index (χ1n) is 9.91. The number of aromatic nitrogens is 1. The summed E-state index contributed by atoms with van der Waals surface area (Å²) < 4.78 is 5.22. The Morgan fingerprint density at radius 2 is 1.97 bits per heavy atom. The highest BCUT2D eigenvalue weighted by atomic mass is 16.4. The lowest BCUT2D eigenvalue weighted by atomic mass is 9.78. The number of aryl methyl sites for hydroxylation is 1. The number of nitrogens with one attached hydrogen (secondary N) is 1. The van der Waals surface area contributed by atoms with Gasteiger partial charge in [-0.1, -0.05) is 42.5 Å². The molecule has 1 saturated heterocycles. The molecular formula is C22H25N3O4. The summed E-state index contributed by atoms with van der Waals surface area (Å²) in [6.45, 7) is 2.19. The van der Waals surface area contributed by atoms with Crippen LogP contribution in [0.1, 0.15) is 41.1 Å². The van der Waals surface area contributed by atoms with Crippen LogP contribution in [-0.2, 0) is 10.3 Å². The summed E-state index contributed by atoms with van der Waals surface area (Å²) in [5.74, 6) is -0.291. The van der Waals surface area contributed by atoms with E-state index in [4.69, 9.17) is 4.42 Å². The molecule has 1 fully saturated rings. The summed E-state index contributed by atoms with van der Waals surface area (Å²) in [5, 5.41) is 14.3. The minimum Gasteiger partial charge on any atom is -0.438 e. The highest BCUT2D eigenvalue weighted by Gasteiger charge is 2.47. The van der Waals surface area contributed by atoms with Gasteiger partial charge in [-0.25, -0.2) is 4.98 Å². The lowest BCUT2D eigenvalue weighted by Gasteiger charge is -2.46. The maximum absolute atomic E-state index is 12.9. The number of piperidine rings is 1. The number of nitrogens with zero attached hydrogens (tertiary/aromatic N) is 2. The number of aliphatic hydroxyl groups is 1. The van der Waals surface area contributed by atoms with Crippen LogP contribution in [0.5, 0.6) is 0 Å². The van der Waals surface area contributed by atoms with E-state index in [0.717, 1.165) is 5.56 Å². The van der Waals surface area contributed by atoms with Crippen LogP contribution in [0.3, 0.4) is 0 Å². The number of likely N-dealkylation sites (tertiary alicyclic amines) is 1. The number of β-amino-alcohol motifs (C(OH)–C–C–N with tert-alkyl or cyclic N) is 1. The number of amides is 2. The van der Waals surface area contributed by atoms with E-state index >= 15 is 0 Å². The number of carbonyl (C=O) groups excluding carboxylic acids is 2. The van der Waals surface area contributed by atoms with E-state index in [1.165, 1.54) is 6.39 Å². The Bertz CT molecular complexity index is 915. The van der Waals surface area contributed by atoms with E-state index in [0.29, 0.717) is 31.5 Å². The fourth-order valence-corrected chi connectivity index (χ4v) is 4.21. The molecule has 0 saturated carbocycles. The van der Waals surface area contributed by atoms with Crippen LogP contribution in [0.15, 0.2) is 53.3 Å². The lowest BCUT2D eigenvalue weighted by Crippen LogP contribution is -2.63. The molecule has 0 spiro atoms. The van der Waals surface area contributed by atoms with Crippen LogP contribution >= 0.6 is 0 Å². The van der Waals surface area contributed by atoms with Crippen LogP contribution < -0.4 is 5.32 Å². The quantitative estimate of drug-likeness (QED) is 0.774. The number of hydrogen-bond donors (Lipinski definition) is 2. The van der Waals surface area contributed by atoms with Gasteiger partial charge in [0.25, 0.3) is 5.91 Å². The fourth-order valence-electron chi connectivity index (χ4n) is 4.21. The van der Waals surface area contributed by atoms with Gasteiger partial charge in [0, 0.05) is 19.0 Å². The van der Waals surface area contributed by atoms with Gasteiger partial charge >= 0.3 is 0 Å². The monoisotopic (exact) mass is 395 g/mol. The van der Waals surface area contributed by atoms with Crippen molar-refractivity contribution in [2.24, 2.45) is 5.92 Å². The number of rotatable bonds is 4. The smallest absolute Gasteiger partial charge is 0.291 e. The zero-order valence-corrected chi connectivity index (χ0v) is 16.4. The maximum atomic E-state index is 12.9. The minimum absolute atomic E-state index is 0.0660. The third kappa shape index (κ3) is 3.58. The van der Waals surface area contributed by atoms with Gasteiger partial charge in [0.15, 0.2) is 6.39 Å². The second kappa shape index (κ2) is 7.83. The summed E-state index contributed by atoms with van der Waals surface area (Å²) >= 11 is 0. The SMILES string of the molecule is Cc1ncoc1C(=O)N1CC[C@@](NC(=O)C2CC=CC2)(c2ccccc2)[C@H](O)C1. The van der Waals surface area contributed by atoms with Crippen molar-refractivity contribution in [3.05, 3.63) is 65.9 Å². The van der Waals surface area contributed by atoms with E-state index in [1.807, 2.05) is 42.5 Å². The molecule has 2 amide bonds. The first-order valence-corrected chi connectivity index (χ1v) is 9.91. The Hall–Kier alpha value is -2.93. The predicted octanol–water partition coefficient (Wildman–Crippen LogP) is 2.17. The first-order chi connectivity index (χ1) is 14.0. The largest absolute Gasteiger partial charge is 0.438 e. The van der Waals surface area contributed by atoms with Crippen LogP contribution in [-0.4, -0.2) is 46.0 Å². The molecule has 2 aromatic rings. The molecule has 1 aliphatic heterocycles. The highest BCUT2D eigenvalue weighted by molar-refractivity contribution is 5.92. The normalized spacial score (nSPS) is 24.6. The number of hydrogen-bond acceptors (Lipinski definition) is 5. The topological polar surface area (TPSA) is 95.7 Å². The maximum Gasteiger partial charge on any atom is 0.291 e. The summed E-state index contributed by atoms with van der Waals surface area (Å²) in [5.41, 5.74) is 0.426. The third-order valence-corrected chi connectivity index (χ3v) is 5.98. The van der Waals surface area contributed by atoms with Gasteiger partial charge in [0.05, 0.1) is 17.3 Å². The summed E-state index contributed by atoms with van der Waals surface area (Å²) in [7, 11) is 0. The van der Waals surface area contributed by atoms with Crippen molar-refractivity contribution < 1.29 is 19.1 Å². The molecule has 0 bridgehead atoms. The van der Waals surface area contributed by atoms with Crippen molar-refractivity contribution in [3.63, 3.8) is 0 Å². The van der Waals surface area contributed by atoms with Gasteiger partial charge in [-0.3, -0.25) is 9.59 Å². The van der Waals surface area contributed by atoms with E-state index in [1.54, 1.807) is 11.8 Å². The molecule has 2 heterocycles. The van der Waals surface area contributed by atoms with Crippen LogP contribution in [0.4, 0.5) is 0 Å². The Morgan fingerprint density at radius 3 is 2.59 bits per heavy atom. The zero-order valence-electron chi connectivity index (χ0n) is 16.4. The molecule has 1 aliphatic carbocycles. The van der Waals surface area contributed by atoms with Crippen molar-refractivity contribution in [1.82, 2.24) is 15.2 Å². The first kappa shape index (κ1) is 19.4. The Morgan fingerprint density at radius 1 is 1.24 bits per heavy atom. The van der Waals surface area contributed by atoms with Gasteiger partial charge in [0.1, 0.15) is 0 Å². The minimum atomic E-state index is -0.955. The Kier molecular flexibility index (Phi) is 5.24. The van der Waals surface area contributed by atoms with E-state index in [-0.39, 0.29) is 30.0 Å². The Labute approximate surface area is 169 Å². The van der Waals surface area contributed by atoms with Gasteiger partial charge < -0.3 is 19.7 Å². The van der Waals surface area contributed by atoms with Gasteiger partial charge in [-0.05, 0) is 31.7 Å². The standard InChI is InChI=1S/C22H25N3O4/c1-15-19(29-14-23-15)21(28)25-12-11-22(18(26)13-25,17-9-3-2-4-10-17)24-20(27)16-7-5-6-8-16/h2-6,9-10,14,16,18,26H,7-8,11-13H2,1H3,(H,24,27)/t18-,22-/m1/s1. The molecule has 2 N–H and O–H groups in total. The third-order valence-electron chi connectivity index (χ3n) is 5.98. The van der Waals surface area contributed by atoms with Gasteiger partial charge in [-0.15, -0.1) is 0 Å². The molecule has 7 nitrogen and oxygen atoms in total. The van der Waals surface area contributed by atoms with Crippen LogP contribution in [0.25, 0.3) is 0 Å². The summed E-state index contributed by atoms with van der Waals surface area (Å²) in [4.78, 5) is 31.2. The lowest BCUT2D eigenvalue weighted by molar-refractivity contribution is -0.130. The number of allylic oxidation sites excluding steroid dienone is 2. The van der Waals surface area contributed by atoms with Crippen molar-refractivity contribution in [1.29, 1.82) is 0 Å². The van der Waals surface area contributed by atoms with Gasteiger partial charge in [-0.2, -0.15) is 0 Å². The molecule has 2 atom stereocenters. The molecule has 1 aromatic heterocycles. The zero-order chi connectivity index (χ0) is 20.4. The van der Waals surface area contributed by atoms with Crippen molar-refractivity contribution in [2.45, 2.75) is 37.8 Å². The van der Waals surface area contributed by atoms with E-state index < -0.39 is 11.6 Å². The molecule has 152 valence electrons. The number of benzene rings is 1. The molecule has 0 unspecified atom stereocenters. The van der Waals surface area contributed by atoms with Crippen molar-refractivity contribution in [2.75, 3.05) is 13.1 Å². The molecule has 4 rings (SSSR count). The van der Waals surface area contributed by atoms with Crippen molar-refractivity contribution in [3.8, 4) is 0 Å². The van der Waals surface area contributed by atoms with Crippen molar-refractivity contribution >= 4 is 11.8 Å². The Balaban J connectivity index is 1.58. The fraction of sp³-hybridized carbons (Fsp3) is 0.409. The number of oxazole rings is 1. The van der Waals surface area contributed by atoms with Crippen LogP contribution in [0, 0.1) is 12.8 Å². The second-order valence-corrected chi connectivity index (χ2v) is 7.75. The molecule has 29 heavy (non-hydrogen) atoms. The van der Waals surface area contributed by atoms with Crippen LogP contribution in [0.2, 0.25) is 0 Å². The summed E-state index contributed by atoms with van der Waals surface area (Å²) in [6, 6.07) is 9.51. The second-order valence-electron chi connectivity index (χ2n) is 7.75. The molecule has 0 radical (unpaired) electrons. The average Bonchev–Trinajstić information content (AvgIpc) is 3.41. The molecule has 2 aliphatic rings. The average molecular weight is 395 g/mol. The number of aliphatic hydroxyl groups excluding tert-OH is 1. The van der Waals surface area contributed by atoms with E-state index in [2.05, 4.69) is 10.3 Å². The predicted molar refractivity (Wildman–Crippen MR) is 106 cm³/mol. The molecular weight excluding hydrogens is 370 g/mol. The highest BCUT2D eigenvalue weighted by Crippen LogP contribution is 2.35.